The lowest BCUT2D eigenvalue weighted by molar-refractivity contribution is 1.30. The molecule has 0 amide bonds. The molecule has 2 aromatic heterocycles. The molecule has 0 aliphatic carbocycles. The molecule has 5 heteroatoms. The first kappa shape index (κ1) is 8.78. The number of anilines is 1. The minimum atomic E-state index is -0.166. The number of nitrogens with zero attached hydrogens (tertiary/aromatic N) is 1. The highest BCUT2D eigenvalue weighted by Crippen LogP contribution is 2.32. The first-order chi connectivity index (χ1) is 6.63. The third-order valence-corrected chi connectivity index (χ3v) is 3.05. The molecule has 3 N–H and O–H groups in total. The molecule has 0 aliphatic rings. The number of aryl methyl sites for hydroxylation is 1. The lowest BCUT2D eigenvalue weighted by Gasteiger charge is -1.95. The van der Waals surface area contributed by atoms with Gasteiger partial charge in [-0.2, -0.15) is 5.26 Å². The van der Waals surface area contributed by atoms with Gasteiger partial charge in [0.1, 0.15) is 15.8 Å². The minimum absolute atomic E-state index is 0.166. The Kier molecular flexibility index (Phi) is 1.79. The van der Waals surface area contributed by atoms with Crippen LogP contribution in [-0.4, -0.2) is 4.98 Å². The Morgan fingerprint density at radius 2 is 2.36 bits per heavy atom. The van der Waals surface area contributed by atoms with Gasteiger partial charge in [-0.25, -0.2) is 0 Å². The molecule has 0 bridgehead atoms. The van der Waals surface area contributed by atoms with Gasteiger partial charge in [-0.1, -0.05) is 0 Å². The van der Waals surface area contributed by atoms with E-state index in [4.69, 9.17) is 11.0 Å². The topological polar surface area (TPSA) is 82.7 Å². The molecule has 0 spiro atoms. The van der Waals surface area contributed by atoms with Crippen LogP contribution in [0.5, 0.6) is 0 Å². The van der Waals surface area contributed by atoms with Crippen molar-refractivity contribution in [2.24, 2.45) is 0 Å². The number of aromatic nitrogens is 1. The number of hydrogen-bond acceptors (Lipinski definition) is 4. The highest BCUT2D eigenvalue weighted by Gasteiger charge is 2.11. The number of pyridine rings is 1. The average Bonchev–Trinajstić information content (AvgIpc) is 2.42. The zero-order valence-corrected chi connectivity index (χ0v) is 8.23. The quantitative estimate of drug-likeness (QED) is 0.681. The number of aromatic amines is 1. The van der Waals surface area contributed by atoms with Gasteiger partial charge in [0.05, 0.1) is 5.69 Å². The number of fused-ring (bicyclic) bond motifs is 1. The molecule has 0 aliphatic heterocycles. The summed E-state index contributed by atoms with van der Waals surface area (Å²) >= 11 is 1.21. The smallest absolute Gasteiger partial charge is 0.249 e. The second-order valence-electron chi connectivity index (χ2n) is 2.98. The third-order valence-electron chi connectivity index (χ3n) is 2.03. The molecule has 2 heterocycles. The van der Waals surface area contributed by atoms with Crippen LogP contribution in [0.4, 0.5) is 5.69 Å². The van der Waals surface area contributed by atoms with Gasteiger partial charge in [0.25, 0.3) is 0 Å². The predicted molar refractivity (Wildman–Crippen MR) is 56.3 cm³/mol. The Morgan fingerprint density at radius 1 is 1.64 bits per heavy atom. The van der Waals surface area contributed by atoms with Gasteiger partial charge in [-0.05, 0) is 12.5 Å². The largest absolute Gasteiger partial charge is 0.396 e. The van der Waals surface area contributed by atoms with Gasteiger partial charge in [0, 0.05) is 11.5 Å². The molecule has 0 aromatic carbocycles. The summed E-state index contributed by atoms with van der Waals surface area (Å²) in [5.41, 5.74) is 6.86. The maximum atomic E-state index is 11.1. The van der Waals surface area contributed by atoms with Crippen molar-refractivity contribution >= 4 is 27.2 Å². The van der Waals surface area contributed by atoms with Crippen LogP contribution < -0.4 is 11.3 Å². The molecule has 0 fully saturated rings. The summed E-state index contributed by atoms with van der Waals surface area (Å²) in [5.74, 6) is 0. The number of rotatable bonds is 0. The Morgan fingerprint density at radius 3 is 3.00 bits per heavy atom. The second-order valence-corrected chi connectivity index (χ2v) is 4.00. The average molecular weight is 205 g/mol. The summed E-state index contributed by atoms with van der Waals surface area (Å²) in [5, 5.41) is 9.55. The monoisotopic (exact) mass is 205 g/mol. The van der Waals surface area contributed by atoms with Crippen molar-refractivity contribution in [3.8, 4) is 6.07 Å². The number of nitrogens with one attached hydrogen (secondary N) is 1. The molecule has 0 atom stereocenters. The first-order valence-corrected chi connectivity index (χ1v) is 4.77. The minimum Gasteiger partial charge on any atom is -0.396 e. The first-order valence-electron chi connectivity index (χ1n) is 3.95. The molecule has 0 saturated heterocycles. The normalized spacial score (nSPS) is 10.3. The molecule has 0 unspecified atom stereocenters. The highest BCUT2D eigenvalue weighted by atomic mass is 32.1. The molecule has 2 rings (SSSR count). The number of thiophene rings is 1. The van der Waals surface area contributed by atoms with E-state index >= 15 is 0 Å². The van der Waals surface area contributed by atoms with Crippen LogP contribution in [0.15, 0.2) is 10.9 Å². The van der Waals surface area contributed by atoms with Crippen molar-refractivity contribution in [1.82, 2.24) is 4.98 Å². The standard InChI is InChI=1S/C9H7N3OS/c1-4-2-6(13)12-9-7(4)8(11)5(3-10)14-9/h2H,11H2,1H3,(H,12,13). The summed E-state index contributed by atoms with van der Waals surface area (Å²) in [7, 11) is 0. The lowest BCUT2D eigenvalue weighted by atomic mass is 10.2. The van der Waals surface area contributed by atoms with Gasteiger partial charge >= 0.3 is 0 Å². The van der Waals surface area contributed by atoms with Gasteiger partial charge in [0.15, 0.2) is 0 Å². The van der Waals surface area contributed by atoms with Gasteiger partial charge in [0.2, 0.25) is 5.56 Å². The van der Waals surface area contributed by atoms with Crippen LogP contribution in [0, 0.1) is 18.3 Å². The van der Waals surface area contributed by atoms with Crippen molar-refractivity contribution in [2.75, 3.05) is 5.73 Å². The van der Waals surface area contributed by atoms with E-state index in [1.807, 2.05) is 13.0 Å². The third kappa shape index (κ3) is 1.09. The van der Waals surface area contributed by atoms with Gasteiger partial charge in [-0.3, -0.25) is 4.79 Å². The van der Waals surface area contributed by atoms with Crippen molar-refractivity contribution in [1.29, 1.82) is 5.26 Å². The van der Waals surface area contributed by atoms with Gasteiger partial charge in [-0.15, -0.1) is 11.3 Å². The number of H-pyrrole nitrogens is 1. The number of nitrogens with two attached hydrogens (primary N) is 1. The highest BCUT2D eigenvalue weighted by molar-refractivity contribution is 7.19. The Balaban J connectivity index is 3.01. The van der Waals surface area contributed by atoms with E-state index in [9.17, 15) is 4.79 Å². The maximum Gasteiger partial charge on any atom is 0.249 e. The van der Waals surface area contributed by atoms with Crippen LogP contribution in [0.3, 0.4) is 0 Å². The summed E-state index contributed by atoms with van der Waals surface area (Å²) in [6, 6.07) is 3.48. The Bertz CT molecular complexity index is 603. The number of nitriles is 1. The van der Waals surface area contributed by atoms with E-state index < -0.39 is 0 Å². The predicted octanol–water partition coefficient (Wildman–Crippen LogP) is 1.35. The van der Waals surface area contributed by atoms with Crippen molar-refractivity contribution < 1.29 is 0 Å². The van der Waals surface area contributed by atoms with Crippen molar-refractivity contribution in [3.63, 3.8) is 0 Å². The van der Waals surface area contributed by atoms with E-state index in [2.05, 4.69) is 4.98 Å². The van der Waals surface area contributed by atoms with Gasteiger partial charge < -0.3 is 10.7 Å². The zero-order chi connectivity index (χ0) is 10.3. The summed E-state index contributed by atoms with van der Waals surface area (Å²) in [6.07, 6.45) is 0. The summed E-state index contributed by atoms with van der Waals surface area (Å²) in [6.45, 7) is 1.81. The van der Waals surface area contributed by atoms with Crippen LogP contribution in [0.1, 0.15) is 10.4 Å². The van der Waals surface area contributed by atoms with E-state index in [1.54, 1.807) is 0 Å². The fourth-order valence-electron chi connectivity index (χ4n) is 1.42. The lowest BCUT2D eigenvalue weighted by Crippen LogP contribution is -2.03. The fraction of sp³-hybridized carbons (Fsp3) is 0.111. The molecule has 0 saturated carbocycles. The number of hydrogen-bond donors (Lipinski definition) is 2. The van der Waals surface area contributed by atoms with E-state index in [0.717, 1.165) is 10.9 Å². The zero-order valence-electron chi connectivity index (χ0n) is 7.42. The van der Waals surface area contributed by atoms with Crippen LogP contribution in [0.2, 0.25) is 0 Å². The molecule has 4 nitrogen and oxygen atoms in total. The fourth-order valence-corrected chi connectivity index (χ4v) is 2.41. The Hall–Kier alpha value is -1.80. The Labute approximate surface area is 83.6 Å². The molecule has 14 heavy (non-hydrogen) atoms. The molecule has 2 aromatic rings. The van der Waals surface area contributed by atoms with E-state index in [0.29, 0.717) is 15.4 Å². The maximum absolute atomic E-state index is 11.1. The van der Waals surface area contributed by atoms with Crippen molar-refractivity contribution in [3.05, 3.63) is 26.9 Å². The van der Waals surface area contributed by atoms with Crippen LogP contribution in [0.25, 0.3) is 10.2 Å². The van der Waals surface area contributed by atoms with E-state index in [-0.39, 0.29) is 5.56 Å². The molecular weight excluding hydrogens is 198 g/mol. The molecular formula is C9H7N3OS. The summed E-state index contributed by atoms with van der Waals surface area (Å²) < 4.78 is 0. The second kappa shape index (κ2) is 2.86. The van der Waals surface area contributed by atoms with Crippen molar-refractivity contribution in [2.45, 2.75) is 6.92 Å². The molecule has 0 radical (unpaired) electrons. The summed E-state index contributed by atoms with van der Waals surface area (Å²) in [4.78, 5) is 14.9. The molecule has 70 valence electrons. The van der Waals surface area contributed by atoms with E-state index in [1.165, 1.54) is 17.4 Å². The van der Waals surface area contributed by atoms with Crippen LogP contribution >= 0.6 is 11.3 Å². The number of nitrogen functional groups attached to an aromatic ring is 1. The van der Waals surface area contributed by atoms with Crippen LogP contribution in [-0.2, 0) is 0 Å². The SMILES string of the molecule is Cc1cc(=O)[nH]c2sc(C#N)c(N)c12.